The Bertz CT molecular complexity index is 287. The van der Waals surface area contributed by atoms with Crippen LogP contribution in [0.2, 0.25) is 0 Å². The van der Waals surface area contributed by atoms with Gasteiger partial charge in [0.05, 0.1) is 0 Å². The lowest BCUT2D eigenvalue weighted by Gasteiger charge is -2.20. The van der Waals surface area contributed by atoms with Crippen molar-refractivity contribution < 1.29 is 19.5 Å². The molecule has 1 aliphatic rings. The first-order valence-corrected chi connectivity index (χ1v) is 4.95. The Hall–Kier alpha value is -1.39. The number of Topliss-reactive ketones (excluding diaryl/α,β-unsaturated/α-hetero) is 1. The molecule has 0 bridgehead atoms. The van der Waals surface area contributed by atoms with Crippen LogP contribution in [0.1, 0.15) is 39.5 Å². The van der Waals surface area contributed by atoms with Crippen LogP contribution < -0.4 is 0 Å². The van der Waals surface area contributed by atoms with E-state index in [-0.39, 0.29) is 0 Å². The van der Waals surface area contributed by atoms with Crippen molar-refractivity contribution in [3.63, 3.8) is 0 Å². The number of hydrogen-bond acceptors (Lipinski definition) is 4. The molecule has 0 aromatic carbocycles. The van der Waals surface area contributed by atoms with Gasteiger partial charge in [0.1, 0.15) is 5.60 Å². The van der Waals surface area contributed by atoms with Crippen LogP contribution in [0, 0.1) is 0 Å². The predicted octanol–water partition coefficient (Wildman–Crippen LogP) is 1.37. The monoisotopic (exact) mass is 213 g/mol. The second kappa shape index (κ2) is 4.42. The van der Waals surface area contributed by atoms with E-state index in [4.69, 9.17) is 9.94 Å². The van der Waals surface area contributed by atoms with Crippen molar-refractivity contribution in [1.29, 1.82) is 0 Å². The minimum absolute atomic E-state index is 0.407. The summed E-state index contributed by atoms with van der Waals surface area (Å²) in [6, 6.07) is 0. The fourth-order valence-corrected chi connectivity index (χ4v) is 1.62. The molecular weight excluding hydrogens is 198 g/mol. The maximum absolute atomic E-state index is 10.9. The molecule has 5 nitrogen and oxygen atoms in total. The van der Waals surface area contributed by atoms with Crippen molar-refractivity contribution in [2.24, 2.45) is 5.16 Å². The Morgan fingerprint density at radius 2 is 1.87 bits per heavy atom. The smallest absolute Gasteiger partial charge is 0.361 e. The van der Waals surface area contributed by atoms with E-state index in [1.165, 1.54) is 0 Å². The summed E-state index contributed by atoms with van der Waals surface area (Å²) in [5, 5.41) is 12.1. The highest BCUT2D eigenvalue weighted by Gasteiger charge is 2.31. The Labute approximate surface area is 88.1 Å². The van der Waals surface area contributed by atoms with Gasteiger partial charge in [0, 0.05) is 6.92 Å². The number of aliphatic carboxylic acids is 1. The third-order valence-corrected chi connectivity index (χ3v) is 2.55. The van der Waals surface area contributed by atoms with E-state index in [0.29, 0.717) is 0 Å². The van der Waals surface area contributed by atoms with Gasteiger partial charge in [-0.2, -0.15) is 0 Å². The van der Waals surface area contributed by atoms with Crippen LogP contribution in [-0.4, -0.2) is 28.2 Å². The van der Waals surface area contributed by atoms with Crippen LogP contribution in [0.15, 0.2) is 5.16 Å². The van der Waals surface area contributed by atoms with Gasteiger partial charge in [-0.05, 0) is 32.6 Å². The van der Waals surface area contributed by atoms with Crippen molar-refractivity contribution in [3.8, 4) is 0 Å². The molecule has 1 rings (SSSR count). The van der Waals surface area contributed by atoms with Crippen LogP contribution in [0.4, 0.5) is 0 Å². The molecule has 0 saturated heterocycles. The molecule has 0 spiro atoms. The van der Waals surface area contributed by atoms with Gasteiger partial charge >= 0.3 is 5.97 Å². The molecule has 0 aliphatic heterocycles. The van der Waals surface area contributed by atoms with Crippen molar-refractivity contribution in [2.45, 2.75) is 45.1 Å². The molecule has 0 aromatic rings. The number of nitrogens with zero attached hydrogens (tertiary/aromatic N) is 1. The van der Waals surface area contributed by atoms with E-state index in [9.17, 15) is 9.59 Å². The summed E-state index contributed by atoms with van der Waals surface area (Å²) in [6.45, 7) is 3.04. The molecule has 15 heavy (non-hydrogen) atoms. The molecule has 0 heterocycles. The molecule has 5 heteroatoms. The van der Waals surface area contributed by atoms with Crippen LogP contribution in [0.5, 0.6) is 0 Å². The Balaban J connectivity index is 2.68. The number of hydrogen-bond donors (Lipinski definition) is 1. The average molecular weight is 213 g/mol. The summed E-state index contributed by atoms with van der Waals surface area (Å²) in [5.41, 5.74) is -0.945. The third kappa shape index (κ3) is 3.04. The van der Waals surface area contributed by atoms with Crippen LogP contribution in [0.25, 0.3) is 0 Å². The lowest BCUT2D eigenvalue weighted by molar-refractivity contribution is -0.130. The van der Waals surface area contributed by atoms with E-state index in [1.54, 1.807) is 0 Å². The summed E-state index contributed by atoms with van der Waals surface area (Å²) in [4.78, 5) is 26.7. The first-order valence-electron chi connectivity index (χ1n) is 4.95. The van der Waals surface area contributed by atoms with Crippen molar-refractivity contribution >= 4 is 17.5 Å². The zero-order chi connectivity index (χ0) is 11.5. The minimum atomic E-state index is -1.34. The SMILES string of the molecule is CC(=O)/C(=N\OC1(C)CCCC1)C(=O)O. The Morgan fingerprint density at radius 3 is 2.27 bits per heavy atom. The molecular formula is C10H15NO4. The van der Waals surface area contributed by atoms with E-state index in [0.717, 1.165) is 32.6 Å². The third-order valence-electron chi connectivity index (χ3n) is 2.55. The molecule has 1 saturated carbocycles. The molecule has 0 amide bonds. The van der Waals surface area contributed by atoms with Gasteiger partial charge in [-0.3, -0.25) is 4.79 Å². The Kier molecular flexibility index (Phi) is 3.44. The van der Waals surface area contributed by atoms with Gasteiger partial charge in [0.2, 0.25) is 5.71 Å². The van der Waals surface area contributed by atoms with Crippen LogP contribution in [-0.2, 0) is 14.4 Å². The number of oxime groups is 1. The quantitative estimate of drug-likeness (QED) is 0.434. The fourth-order valence-electron chi connectivity index (χ4n) is 1.62. The van der Waals surface area contributed by atoms with Gasteiger partial charge in [-0.1, -0.05) is 5.16 Å². The first kappa shape index (κ1) is 11.7. The molecule has 84 valence electrons. The highest BCUT2D eigenvalue weighted by molar-refractivity contribution is 6.63. The van der Waals surface area contributed by atoms with Crippen molar-refractivity contribution in [2.75, 3.05) is 0 Å². The number of carbonyl (C=O) groups is 2. The average Bonchev–Trinajstić information content (AvgIpc) is 2.51. The second-order valence-corrected chi connectivity index (χ2v) is 4.05. The maximum atomic E-state index is 10.9. The number of carboxylic acid groups (broad SMARTS) is 1. The lowest BCUT2D eigenvalue weighted by atomic mass is 10.1. The van der Waals surface area contributed by atoms with Crippen molar-refractivity contribution in [1.82, 2.24) is 0 Å². The molecule has 1 N–H and O–H groups in total. The minimum Gasteiger partial charge on any atom is -0.476 e. The normalized spacial score (nSPS) is 20.0. The summed E-state index contributed by atoms with van der Waals surface area (Å²) in [6.07, 6.45) is 3.80. The van der Waals surface area contributed by atoms with Gasteiger partial charge < -0.3 is 9.94 Å². The van der Waals surface area contributed by atoms with Crippen LogP contribution >= 0.6 is 0 Å². The largest absolute Gasteiger partial charge is 0.476 e. The summed E-state index contributed by atoms with van der Waals surface area (Å²) < 4.78 is 0. The van der Waals surface area contributed by atoms with E-state index < -0.39 is 23.1 Å². The molecule has 1 aliphatic carbocycles. The van der Waals surface area contributed by atoms with E-state index >= 15 is 0 Å². The van der Waals surface area contributed by atoms with Gasteiger partial charge in [-0.15, -0.1) is 0 Å². The van der Waals surface area contributed by atoms with E-state index in [2.05, 4.69) is 5.16 Å². The van der Waals surface area contributed by atoms with Gasteiger partial charge in [-0.25, -0.2) is 4.79 Å². The number of carbonyl (C=O) groups excluding carboxylic acids is 1. The topological polar surface area (TPSA) is 76.0 Å². The summed E-state index contributed by atoms with van der Waals surface area (Å²) >= 11 is 0. The zero-order valence-corrected chi connectivity index (χ0v) is 8.95. The van der Waals surface area contributed by atoms with Gasteiger partial charge in [0.25, 0.3) is 0 Å². The first-order chi connectivity index (χ1) is 6.94. The standard InChI is InChI=1S/C10H15NO4/c1-7(12)8(9(13)14)11-15-10(2)5-3-4-6-10/h3-6H2,1-2H3,(H,13,14)/b11-8+. The molecule has 1 fully saturated rings. The molecule has 0 atom stereocenters. The molecule has 0 radical (unpaired) electrons. The highest BCUT2D eigenvalue weighted by atomic mass is 16.7. The van der Waals surface area contributed by atoms with Crippen LogP contribution in [0.3, 0.4) is 0 Å². The molecule has 0 unspecified atom stereocenters. The highest BCUT2D eigenvalue weighted by Crippen LogP contribution is 2.32. The zero-order valence-electron chi connectivity index (χ0n) is 8.95. The number of rotatable bonds is 4. The maximum Gasteiger partial charge on any atom is 0.361 e. The Morgan fingerprint density at radius 1 is 1.33 bits per heavy atom. The van der Waals surface area contributed by atoms with Crippen molar-refractivity contribution in [3.05, 3.63) is 0 Å². The summed E-state index contributed by atoms with van der Waals surface area (Å²) in [7, 11) is 0. The summed E-state index contributed by atoms with van der Waals surface area (Å²) in [5.74, 6) is -1.94. The predicted molar refractivity (Wildman–Crippen MR) is 53.7 cm³/mol. The molecule has 0 aromatic heterocycles. The second-order valence-electron chi connectivity index (χ2n) is 4.05. The van der Waals surface area contributed by atoms with E-state index in [1.807, 2.05) is 6.92 Å². The lowest BCUT2D eigenvalue weighted by Crippen LogP contribution is -2.26. The van der Waals surface area contributed by atoms with Gasteiger partial charge in [0.15, 0.2) is 5.78 Å². The number of ketones is 1. The number of carboxylic acids is 1. The fraction of sp³-hybridized carbons (Fsp3) is 0.700.